The molecule has 0 aromatic carbocycles. The molecule has 5 unspecified atom stereocenters. The summed E-state index contributed by atoms with van der Waals surface area (Å²) < 4.78 is 23.1. The summed E-state index contributed by atoms with van der Waals surface area (Å²) in [5.41, 5.74) is 0. The molecule has 5 heteroatoms. The topological polar surface area (TPSA) is 57.2 Å². The van der Waals surface area contributed by atoms with Crippen molar-refractivity contribution < 1.29 is 24.1 Å². The third-order valence-corrected chi connectivity index (χ3v) is 4.48. The van der Waals surface area contributed by atoms with Crippen molar-refractivity contribution in [2.75, 3.05) is 13.2 Å². The molecular formula is C17H32O5. The van der Waals surface area contributed by atoms with Crippen molar-refractivity contribution in [1.29, 1.82) is 0 Å². The molecule has 0 bridgehead atoms. The molecule has 2 rings (SSSR count). The van der Waals surface area contributed by atoms with E-state index in [1.807, 2.05) is 20.8 Å². The highest BCUT2D eigenvalue weighted by molar-refractivity contribution is 4.85. The SMILES string of the molecule is CCCCCC1OC(C(C)OCC2COC(C)(C)O2)CC1O. The van der Waals surface area contributed by atoms with Crippen LogP contribution in [0.1, 0.15) is 59.8 Å². The van der Waals surface area contributed by atoms with E-state index >= 15 is 0 Å². The van der Waals surface area contributed by atoms with Crippen molar-refractivity contribution in [1.82, 2.24) is 0 Å². The van der Waals surface area contributed by atoms with Gasteiger partial charge >= 0.3 is 0 Å². The molecule has 0 saturated carbocycles. The molecule has 1 N–H and O–H groups in total. The molecule has 0 spiro atoms. The van der Waals surface area contributed by atoms with E-state index in [0.717, 1.165) is 12.8 Å². The van der Waals surface area contributed by atoms with Gasteiger partial charge in [0, 0.05) is 6.42 Å². The van der Waals surface area contributed by atoms with E-state index in [4.69, 9.17) is 18.9 Å². The maximum absolute atomic E-state index is 10.1. The Morgan fingerprint density at radius 3 is 2.73 bits per heavy atom. The van der Waals surface area contributed by atoms with Gasteiger partial charge < -0.3 is 24.1 Å². The van der Waals surface area contributed by atoms with Crippen LogP contribution in [0, 0.1) is 0 Å². The van der Waals surface area contributed by atoms with Gasteiger partial charge in [-0.1, -0.05) is 26.2 Å². The molecule has 2 saturated heterocycles. The van der Waals surface area contributed by atoms with Crippen LogP contribution in [0.3, 0.4) is 0 Å². The second kappa shape index (κ2) is 8.06. The first-order chi connectivity index (χ1) is 10.4. The van der Waals surface area contributed by atoms with E-state index in [-0.39, 0.29) is 30.5 Å². The van der Waals surface area contributed by atoms with Crippen LogP contribution < -0.4 is 0 Å². The van der Waals surface area contributed by atoms with Gasteiger partial charge in [-0.15, -0.1) is 0 Å². The Hall–Kier alpha value is -0.200. The first-order valence-electron chi connectivity index (χ1n) is 8.68. The van der Waals surface area contributed by atoms with Crippen LogP contribution in [0.4, 0.5) is 0 Å². The van der Waals surface area contributed by atoms with Crippen LogP contribution in [0.2, 0.25) is 0 Å². The van der Waals surface area contributed by atoms with Gasteiger partial charge in [-0.3, -0.25) is 0 Å². The van der Waals surface area contributed by atoms with E-state index in [1.54, 1.807) is 0 Å². The molecule has 5 atom stereocenters. The molecule has 2 aliphatic rings. The first-order valence-corrected chi connectivity index (χ1v) is 8.68. The monoisotopic (exact) mass is 316 g/mol. The molecule has 0 aromatic rings. The molecule has 2 heterocycles. The molecule has 0 radical (unpaired) electrons. The van der Waals surface area contributed by atoms with Crippen LogP contribution in [0.25, 0.3) is 0 Å². The van der Waals surface area contributed by atoms with E-state index in [0.29, 0.717) is 19.6 Å². The standard InChI is InChI=1S/C17H32O5/c1-5-6-7-8-15-14(18)9-16(21-15)12(2)19-10-13-11-20-17(3,4)22-13/h12-16,18H,5-11H2,1-4H3. The number of hydrogen-bond acceptors (Lipinski definition) is 5. The fraction of sp³-hybridized carbons (Fsp3) is 1.00. The summed E-state index contributed by atoms with van der Waals surface area (Å²) >= 11 is 0. The molecule has 5 nitrogen and oxygen atoms in total. The molecule has 0 aromatic heterocycles. The zero-order chi connectivity index (χ0) is 16.2. The highest BCUT2D eigenvalue weighted by atomic mass is 16.7. The van der Waals surface area contributed by atoms with Crippen LogP contribution in [-0.2, 0) is 18.9 Å². The summed E-state index contributed by atoms with van der Waals surface area (Å²) in [6.45, 7) is 9.07. The minimum absolute atomic E-state index is 0.0240. The number of hydrogen-bond donors (Lipinski definition) is 1. The molecule has 0 aliphatic carbocycles. The quantitative estimate of drug-likeness (QED) is 0.698. The predicted octanol–water partition coefficient (Wildman–Crippen LogP) is 2.64. The summed E-state index contributed by atoms with van der Waals surface area (Å²) in [6, 6.07) is 0. The third kappa shape index (κ3) is 5.17. The third-order valence-electron chi connectivity index (χ3n) is 4.48. The lowest BCUT2D eigenvalue weighted by Gasteiger charge is -2.22. The van der Waals surface area contributed by atoms with Gasteiger partial charge in [0.2, 0.25) is 0 Å². The Balaban J connectivity index is 1.68. The first kappa shape index (κ1) is 18.1. The Morgan fingerprint density at radius 1 is 1.32 bits per heavy atom. The molecule has 130 valence electrons. The predicted molar refractivity (Wildman–Crippen MR) is 83.7 cm³/mol. The fourth-order valence-electron chi connectivity index (χ4n) is 3.13. The minimum atomic E-state index is -0.512. The second-order valence-electron chi connectivity index (χ2n) is 7.00. The van der Waals surface area contributed by atoms with Gasteiger partial charge in [-0.2, -0.15) is 0 Å². The summed E-state index contributed by atoms with van der Waals surface area (Å²) in [6.07, 6.45) is 4.59. The highest BCUT2D eigenvalue weighted by Gasteiger charge is 2.38. The number of ether oxygens (including phenoxy) is 4. The number of aliphatic hydroxyl groups is 1. The zero-order valence-corrected chi connectivity index (χ0v) is 14.4. The fourth-order valence-corrected chi connectivity index (χ4v) is 3.13. The smallest absolute Gasteiger partial charge is 0.163 e. The van der Waals surface area contributed by atoms with Gasteiger partial charge in [0.1, 0.15) is 6.10 Å². The maximum Gasteiger partial charge on any atom is 0.163 e. The minimum Gasteiger partial charge on any atom is -0.390 e. The number of rotatable bonds is 8. The summed E-state index contributed by atoms with van der Waals surface area (Å²) in [7, 11) is 0. The van der Waals surface area contributed by atoms with Gasteiger partial charge in [0.05, 0.1) is 37.6 Å². The Kier molecular flexibility index (Phi) is 6.65. The van der Waals surface area contributed by atoms with Gasteiger partial charge in [0.25, 0.3) is 0 Å². The highest BCUT2D eigenvalue weighted by Crippen LogP contribution is 2.28. The van der Waals surface area contributed by atoms with Gasteiger partial charge in [-0.05, 0) is 27.2 Å². The zero-order valence-electron chi connectivity index (χ0n) is 14.4. The lowest BCUT2D eigenvalue weighted by Crippen LogP contribution is -2.31. The summed E-state index contributed by atoms with van der Waals surface area (Å²) in [5, 5.41) is 10.1. The summed E-state index contributed by atoms with van der Waals surface area (Å²) in [4.78, 5) is 0. The number of unbranched alkanes of at least 4 members (excludes halogenated alkanes) is 2. The number of aliphatic hydroxyl groups excluding tert-OH is 1. The molecule has 2 aliphatic heterocycles. The van der Waals surface area contributed by atoms with Crippen LogP contribution in [0.5, 0.6) is 0 Å². The van der Waals surface area contributed by atoms with Gasteiger partial charge in [0.15, 0.2) is 5.79 Å². The van der Waals surface area contributed by atoms with E-state index < -0.39 is 5.79 Å². The summed E-state index contributed by atoms with van der Waals surface area (Å²) in [5.74, 6) is -0.512. The Labute approximate surface area is 134 Å². The van der Waals surface area contributed by atoms with Crippen molar-refractivity contribution in [2.45, 2.75) is 96.1 Å². The van der Waals surface area contributed by atoms with Crippen molar-refractivity contribution >= 4 is 0 Å². The lowest BCUT2D eigenvalue weighted by molar-refractivity contribution is -0.151. The molecule has 0 amide bonds. The van der Waals surface area contributed by atoms with E-state index in [2.05, 4.69) is 6.92 Å². The van der Waals surface area contributed by atoms with Crippen molar-refractivity contribution in [3.63, 3.8) is 0 Å². The average Bonchev–Trinajstić information content (AvgIpc) is 3.00. The van der Waals surface area contributed by atoms with Crippen LogP contribution in [0.15, 0.2) is 0 Å². The van der Waals surface area contributed by atoms with E-state index in [1.165, 1.54) is 12.8 Å². The van der Waals surface area contributed by atoms with E-state index in [9.17, 15) is 5.11 Å². The molecule has 2 fully saturated rings. The van der Waals surface area contributed by atoms with Crippen LogP contribution in [-0.4, -0.2) is 54.6 Å². The maximum atomic E-state index is 10.1. The average molecular weight is 316 g/mol. The molecular weight excluding hydrogens is 284 g/mol. The van der Waals surface area contributed by atoms with Crippen molar-refractivity contribution in [3.05, 3.63) is 0 Å². The van der Waals surface area contributed by atoms with Crippen molar-refractivity contribution in [3.8, 4) is 0 Å². The van der Waals surface area contributed by atoms with Gasteiger partial charge in [-0.25, -0.2) is 0 Å². The Morgan fingerprint density at radius 2 is 2.09 bits per heavy atom. The van der Waals surface area contributed by atoms with Crippen LogP contribution >= 0.6 is 0 Å². The Bertz CT molecular complexity index is 333. The second-order valence-corrected chi connectivity index (χ2v) is 7.00. The lowest BCUT2D eigenvalue weighted by atomic mass is 10.0. The van der Waals surface area contributed by atoms with Crippen molar-refractivity contribution in [2.24, 2.45) is 0 Å². The normalized spacial score (nSPS) is 35.9. The largest absolute Gasteiger partial charge is 0.390 e. The molecule has 22 heavy (non-hydrogen) atoms.